The summed E-state index contributed by atoms with van der Waals surface area (Å²) in [5, 5.41) is 9.47. The molecule has 0 saturated heterocycles. The van der Waals surface area contributed by atoms with Crippen molar-refractivity contribution in [1.82, 2.24) is 0 Å². The summed E-state index contributed by atoms with van der Waals surface area (Å²) in [5.74, 6) is -1.26. The number of hydrogen-bond acceptors (Lipinski definition) is 8. The maximum atomic E-state index is 12.5. The SMILES string of the molecule is COc1cc(OC)c(C=CC(=O)Nc2ccc(OC)c(C(C(=O)O)S(=O)(=O)O)c2)c(OC)c1. The molecule has 1 atom stereocenters. The highest BCUT2D eigenvalue weighted by Gasteiger charge is 2.35. The number of hydrogen-bond donors (Lipinski definition) is 3. The van der Waals surface area contributed by atoms with E-state index in [9.17, 15) is 27.7 Å². The van der Waals surface area contributed by atoms with E-state index < -0.39 is 27.2 Å². The van der Waals surface area contributed by atoms with Crippen molar-refractivity contribution >= 4 is 33.8 Å². The van der Waals surface area contributed by atoms with Crippen LogP contribution in [-0.2, 0) is 19.7 Å². The van der Waals surface area contributed by atoms with Gasteiger partial charge in [0.25, 0.3) is 10.1 Å². The average molecular weight is 481 g/mol. The lowest BCUT2D eigenvalue weighted by molar-refractivity contribution is -0.136. The van der Waals surface area contributed by atoms with Crippen LogP contribution in [0.5, 0.6) is 23.0 Å². The third-order valence-corrected chi connectivity index (χ3v) is 5.51. The Hall–Kier alpha value is -3.77. The molecule has 178 valence electrons. The molecule has 0 bridgehead atoms. The minimum absolute atomic E-state index is 0.0732. The van der Waals surface area contributed by atoms with Gasteiger partial charge in [0.15, 0.2) is 0 Å². The van der Waals surface area contributed by atoms with Gasteiger partial charge in [0.2, 0.25) is 11.2 Å². The highest BCUT2D eigenvalue weighted by molar-refractivity contribution is 7.86. The zero-order valence-electron chi connectivity index (χ0n) is 18.2. The molecule has 0 spiro atoms. The number of carboxylic acid groups (broad SMARTS) is 1. The lowest BCUT2D eigenvalue weighted by Crippen LogP contribution is -2.22. The normalized spacial score (nSPS) is 12.2. The molecule has 0 heterocycles. The Labute approximate surface area is 190 Å². The second kappa shape index (κ2) is 10.7. The predicted molar refractivity (Wildman–Crippen MR) is 119 cm³/mol. The van der Waals surface area contributed by atoms with Crippen molar-refractivity contribution in [1.29, 1.82) is 0 Å². The number of nitrogens with one attached hydrogen (secondary N) is 1. The lowest BCUT2D eigenvalue weighted by atomic mass is 10.1. The van der Waals surface area contributed by atoms with Gasteiger partial charge in [0, 0.05) is 29.5 Å². The number of aliphatic carboxylic acids is 1. The van der Waals surface area contributed by atoms with E-state index in [0.29, 0.717) is 22.8 Å². The van der Waals surface area contributed by atoms with Gasteiger partial charge in [-0.25, -0.2) is 0 Å². The Kier molecular flexibility index (Phi) is 8.26. The smallest absolute Gasteiger partial charge is 0.329 e. The van der Waals surface area contributed by atoms with E-state index in [-0.39, 0.29) is 17.0 Å². The fraction of sp³-hybridized carbons (Fsp3) is 0.238. The number of carbonyl (C=O) groups excluding carboxylic acids is 1. The number of benzene rings is 2. The minimum Gasteiger partial charge on any atom is -0.496 e. The molecule has 1 amide bonds. The van der Waals surface area contributed by atoms with Crippen molar-refractivity contribution in [2.45, 2.75) is 5.25 Å². The van der Waals surface area contributed by atoms with Gasteiger partial charge in [0.1, 0.15) is 23.0 Å². The Morgan fingerprint density at radius 2 is 1.52 bits per heavy atom. The summed E-state index contributed by atoms with van der Waals surface area (Å²) in [7, 11) is 0.569. The topological polar surface area (TPSA) is 158 Å². The number of carboxylic acids is 1. The molecular formula is C21H23NO10S. The molecule has 0 aromatic heterocycles. The first-order chi connectivity index (χ1) is 15.5. The van der Waals surface area contributed by atoms with Crippen LogP contribution in [0.25, 0.3) is 6.08 Å². The molecule has 0 fully saturated rings. The van der Waals surface area contributed by atoms with E-state index in [4.69, 9.17) is 18.9 Å². The second-order valence-electron chi connectivity index (χ2n) is 6.46. The maximum Gasteiger partial charge on any atom is 0.329 e. The minimum atomic E-state index is -5.01. The summed E-state index contributed by atoms with van der Waals surface area (Å²) >= 11 is 0. The van der Waals surface area contributed by atoms with Crippen molar-refractivity contribution in [3.63, 3.8) is 0 Å². The quantitative estimate of drug-likeness (QED) is 0.340. The fourth-order valence-corrected chi connectivity index (χ4v) is 3.74. The molecule has 11 nitrogen and oxygen atoms in total. The van der Waals surface area contributed by atoms with Gasteiger partial charge < -0.3 is 29.4 Å². The number of rotatable bonds is 10. The molecule has 2 aromatic carbocycles. The average Bonchev–Trinajstić information content (AvgIpc) is 2.76. The third kappa shape index (κ3) is 6.14. The van der Waals surface area contributed by atoms with E-state index in [1.807, 2.05) is 0 Å². The zero-order valence-corrected chi connectivity index (χ0v) is 19.0. The van der Waals surface area contributed by atoms with Crippen LogP contribution in [0.4, 0.5) is 5.69 Å². The van der Waals surface area contributed by atoms with E-state index in [0.717, 1.165) is 6.07 Å². The van der Waals surface area contributed by atoms with E-state index >= 15 is 0 Å². The van der Waals surface area contributed by atoms with Gasteiger partial charge in [-0.05, 0) is 24.3 Å². The first-order valence-corrected chi connectivity index (χ1v) is 10.7. The zero-order chi connectivity index (χ0) is 24.8. The Morgan fingerprint density at radius 1 is 0.939 bits per heavy atom. The summed E-state index contributed by atoms with van der Waals surface area (Å²) in [6, 6.07) is 6.96. The number of methoxy groups -OCH3 is 4. The lowest BCUT2D eigenvalue weighted by Gasteiger charge is -2.15. The summed E-state index contributed by atoms with van der Waals surface area (Å²) in [6.45, 7) is 0. The van der Waals surface area contributed by atoms with Gasteiger partial charge >= 0.3 is 5.97 Å². The standard InChI is InChI=1S/C21H23NO10S/c1-29-13-10-17(31-3)14(18(11-13)32-4)6-8-19(23)22-12-5-7-16(30-2)15(9-12)20(21(24)25)33(26,27)28/h5-11,20H,1-4H3,(H,22,23)(H,24,25)(H,26,27,28). The molecular weight excluding hydrogens is 458 g/mol. The molecule has 0 aliphatic heterocycles. The van der Waals surface area contributed by atoms with E-state index in [1.165, 1.54) is 52.7 Å². The molecule has 3 N–H and O–H groups in total. The van der Waals surface area contributed by atoms with Crippen molar-refractivity contribution in [2.24, 2.45) is 0 Å². The molecule has 0 saturated carbocycles. The molecule has 0 aliphatic carbocycles. The van der Waals surface area contributed by atoms with Crippen LogP contribution in [0.15, 0.2) is 36.4 Å². The van der Waals surface area contributed by atoms with Crippen LogP contribution in [0.2, 0.25) is 0 Å². The highest BCUT2D eigenvalue weighted by Crippen LogP contribution is 2.35. The van der Waals surface area contributed by atoms with Crippen molar-refractivity contribution < 1.29 is 46.6 Å². The van der Waals surface area contributed by atoms with Crippen molar-refractivity contribution in [3.8, 4) is 23.0 Å². The van der Waals surface area contributed by atoms with Crippen LogP contribution in [0.3, 0.4) is 0 Å². The van der Waals surface area contributed by atoms with Crippen LogP contribution in [-0.4, -0.2) is 58.4 Å². The van der Waals surface area contributed by atoms with Gasteiger partial charge in [-0.15, -0.1) is 0 Å². The van der Waals surface area contributed by atoms with E-state index in [1.54, 1.807) is 12.1 Å². The molecule has 2 rings (SSSR count). The fourth-order valence-electron chi connectivity index (χ4n) is 2.98. The Balaban J connectivity index is 2.37. The third-order valence-electron chi connectivity index (χ3n) is 4.46. The van der Waals surface area contributed by atoms with Crippen LogP contribution in [0, 0.1) is 0 Å². The van der Waals surface area contributed by atoms with Gasteiger partial charge in [-0.3, -0.25) is 14.1 Å². The van der Waals surface area contributed by atoms with E-state index in [2.05, 4.69) is 5.32 Å². The number of ether oxygens (including phenoxy) is 4. The predicted octanol–water partition coefficient (Wildman–Crippen LogP) is 2.39. The molecule has 0 radical (unpaired) electrons. The summed E-state index contributed by atoms with van der Waals surface area (Å²) < 4.78 is 53.3. The van der Waals surface area contributed by atoms with Crippen LogP contribution >= 0.6 is 0 Å². The maximum absolute atomic E-state index is 12.5. The summed E-state index contributed by atoms with van der Waals surface area (Å²) in [6.07, 6.45) is 2.61. The Bertz CT molecular complexity index is 1150. The number of anilines is 1. The second-order valence-corrected chi connectivity index (χ2v) is 7.96. The number of amides is 1. The molecule has 2 aromatic rings. The molecule has 1 unspecified atom stereocenters. The van der Waals surface area contributed by atoms with Gasteiger partial charge in [-0.2, -0.15) is 8.42 Å². The van der Waals surface area contributed by atoms with Crippen LogP contribution in [0.1, 0.15) is 16.4 Å². The number of carbonyl (C=O) groups is 2. The molecule has 12 heteroatoms. The van der Waals surface area contributed by atoms with Crippen molar-refractivity contribution in [2.75, 3.05) is 33.8 Å². The molecule has 0 aliphatic rings. The first-order valence-electron chi connectivity index (χ1n) is 9.21. The van der Waals surface area contributed by atoms with Gasteiger partial charge in [0.05, 0.1) is 34.0 Å². The summed E-state index contributed by atoms with van der Waals surface area (Å²) in [4.78, 5) is 23.9. The monoisotopic (exact) mass is 481 g/mol. The largest absolute Gasteiger partial charge is 0.496 e. The molecule has 33 heavy (non-hydrogen) atoms. The van der Waals surface area contributed by atoms with Gasteiger partial charge in [-0.1, -0.05) is 0 Å². The van der Waals surface area contributed by atoms with Crippen molar-refractivity contribution in [3.05, 3.63) is 47.5 Å². The first kappa shape index (κ1) is 25.5. The highest BCUT2D eigenvalue weighted by atomic mass is 32.2. The Morgan fingerprint density at radius 3 is 1.97 bits per heavy atom. The summed E-state index contributed by atoms with van der Waals surface area (Å²) in [5.41, 5.74) is 0.181. The van der Waals surface area contributed by atoms with Crippen LogP contribution < -0.4 is 24.3 Å².